The highest BCUT2D eigenvalue weighted by Crippen LogP contribution is 2.18. The van der Waals surface area contributed by atoms with Gasteiger partial charge >= 0.3 is 0 Å². The summed E-state index contributed by atoms with van der Waals surface area (Å²) in [5.74, 6) is 0. The van der Waals surface area contributed by atoms with Crippen LogP contribution in [0.4, 0.5) is 0 Å². The molecule has 2 atom stereocenters. The van der Waals surface area contributed by atoms with Crippen molar-refractivity contribution in [3.63, 3.8) is 0 Å². The van der Waals surface area contributed by atoms with Crippen molar-refractivity contribution in [2.45, 2.75) is 38.2 Å². The molecule has 1 rings (SSSR count). The van der Waals surface area contributed by atoms with Crippen LogP contribution in [0.3, 0.4) is 0 Å². The minimum absolute atomic E-state index is 0.237. The fraction of sp³-hybridized carbons (Fsp3) is 0.857. The normalized spacial score (nSPS) is 31.6. The van der Waals surface area contributed by atoms with E-state index in [9.17, 15) is 0 Å². The van der Waals surface area contributed by atoms with Gasteiger partial charge in [0.15, 0.2) is 5.17 Å². The number of aliphatic imine (C=N–C) groups is 1. The molecular weight excluding hydrogens is 158 g/mol. The zero-order valence-corrected chi connectivity index (χ0v) is 7.82. The molecule has 0 aliphatic carbocycles. The minimum Gasteiger partial charge on any atom is -0.378 e. The first-order valence-corrected chi connectivity index (χ1v) is 4.90. The second kappa shape index (κ2) is 3.97. The average molecular weight is 173 g/mol. The van der Waals surface area contributed by atoms with Crippen molar-refractivity contribution in [1.29, 1.82) is 0 Å². The van der Waals surface area contributed by atoms with Crippen molar-refractivity contribution in [3.05, 3.63) is 0 Å². The molecular formula is C7H15N3S. The summed E-state index contributed by atoms with van der Waals surface area (Å²) in [6.07, 6.45) is 2.34. The summed E-state index contributed by atoms with van der Waals surface area (Å²) in [7, 11) is 0. The van der Waals surface area contributed by atoms with E-state index >= 15 is 0 Å². The quantitative estimate of drug-likeness (QED) is 0.657. The predicted molar refractivity (Wildman–Crippen MR) is 50.5 cm³/mol. The molecule has 2 unspecified atom stereocenters. The monoisotopic (exact) mass is 173 g/mol. The van der Waals surface area contributed by atoms with E-state index in [4.69, 9.17) is 5.73 Å². The molecule has 0 bridgehead atoms. The van der Waals surface area contributed by atoms with Crippen molar-refractivity contribution in [1.82, 2.24) is 5.32 Å². The molecule has 0 spiro atoms. The Morgan fingerprint density at radius 1 is 1.55 bits per heavy atom. The fourth-order valence-corrected chi connectivity index (χ4v) is 1.90. The van der Waals surface area contributed by atoms with Crippen LogP contribution in [0.5, 0.6) is 0 Å². The maximum absolute atomic E-state index is 5.64. The van der Waals surface area contributed by atoms with Crippen LogP contribution in [0.1, 0.15) is 26.7 Å². The van der Waals surface area contributed by atoms with Gasteiger partial charge in [0.1, 0.15) is 6.17 Å². The molecule has 0 aromatic carbocycles. The van der Waals surface area contributed by atoms with Crippen molar-refractivity contribution in [3.8, 4) is 0 Å². The zero-order chi connectivity index (χ0) is 8.27. The van der Waals surface area contributed by atoms with E-state index in [0.29, 0.717) is 5.37 Å². The van der Waals surface area contributed by atoms with E-state index in [-0.39, 0.29) is 6.17 Å². The van der Waals surface area contributed by atoms with Crippen LogP contribution >= 0.6 is 11.8 Å². The summed E-state index contributed by atoms with van der Waals surface area (Å²) in [5.41, 5.74) is 5.64. The van der Waals surface area contributed by atoms with Gasteiger partial charge in [0.25, 0.3) is 0 Å². The number of amidine groups is 1. The van der Waals surface area contributed by atoms with Crippen molar-refractivity contribution >= 4 is 16.9 Å². The first-order valence-electron chi connectivity index (χ1n) is 4.02. The van der Waals surface area contributed by atoms with E-state index in [0.717, 1.165) is 18.0 Å². The standard InChI is InChI=1S/C7H15N3S/c1-3-5-9-6(4-2)11-7(8)10-5/h5-6,9H,3-4H2,1-2H3,(H2,8,10). The van der Waals surface area contributed by atoms with Crippen LogP contribution in [0.25, 0.3) is 0 Å². The van der Waals surface area contributed by atoms with Crippen LogP contribution in [-0.4, -0.2) is 16.7 Å². The van der Waals surface area contributed by atoms with Gasteiger partial charge in [0.05, 0.1) is 5.37 Å². The number of hydrogen-bond donors (Lipinski definition) is 2. The largest absolute Gasteiger partial charge is 0.378 e. The zero-order valence-electron chi connectivity index (χ0n) is 7.00. The van der Waals surface area contributed by atoms with Gasteiger partial charge in [-0.1, -0.05) is 25.6 Å². The molecule has 3 N–H and O–H groups in total. The van der Waals surface area contributed by atoms with Crippen molar-refractivity contribution in [2.24, 2.45) is 10.7 Å². The predicted octanol–water partition coefficient (Wildman–Crippen LogP) is 1.11. The Morgan fingerprint density at radius 3 is 2.82 bits per heavy atom. The molecule has 1 aliphatic rings. The number of rotatable bonds is 2. The number of thioether (sulfide) groups is 1. The van der Waals surface area contributed by atoms with Gasteiger partial charge in [-0.2, -0.15) is 0 Å². The molecule has 1 heterocycles. The van der Waals surface area contributed by atoms with E-state index in [1.807, 2.05) is 0 Å². The maximum Gasteiger partial charge on any atom is 0.157 e. The number of nitrogens with two attached hydrogens (primary N) is 1. The number of nitrogens with one attached hydrogen (secondary N) is 1. The second-order valence-corrected chi connectivity index (χ2v) is 3.80. The van der Waals surface area contributed by atoms with E-state index in [1.165, 1.54) is 0 Å². The highest BCUT2D eigenvalue weighted by molar-refractivity contribution is 8.14. The van der Waals surface area contributed by atoms with Gasteiger partial charge in [0, 0.05) is 0 Å². The third kappa shape index (κ3) is 2.38. The first kappa shape index (κ1) is 8.87. The molecule has 0 radical (unpaired) electrons. The molecule has 64 valence electrons. The molecule has 0 fully saturated rings. The van der Waals surface area contributed by atoms with Crippen LogP contribution in [0, 0.1) is 0 Å². The Bertz CT molecular complexity index is 158. The lowest BCUT2D eigenvalue weighted by molar-refractivity contribution is 0.489. The van der Waals surface area contributed by atoms with Crippen LogP contribution < -0.4 is 11.1 Å². The highest BCUT2D eigenvalue weighted by atomic mass is 32.2. The Hall–Kier alpha value is -0.220. The molecule has 1 aliphatic heterocycles. The Balaban J connectivity index is 2.53. The van der Waals surface area contributed by atoms with E-state index in [1.54, 1.807) is 11.8 Å². The first-order chi connectivity index (χ1) is 5.26. The van der Waals surface area contributed by atoms with E-state index < -0.39 is 0 Å². The lowest BCUT2D eigenvalue weighted by Crippen LogP contribution is -2.41. The summed E-state index contributed by atoms with van der Waals surface area (Å²) in [5, 5.41) is 4.56. The summed E-state index contributed by atoms with van der Waals surface area (Å²) < 4.78 is 0. The number of nitrogens with zero attached hydrogens (tertiary/aromatic N) is 1. The molecule has 0 saturated carbocycles. The summed E-state index contributed by atoms with van der Waals surface area (Å²) in [4.78, 5) is 4.25. The lowest BCUT2D eigenvalue weighted by Gasteiger charge is -2.25. The molecule has 0 saturated heterocycles. The van der Waals surface area contributed by atoms with Crippen LogP contribution in [0.2, 0.25) is 0 Å². The van der Waals surface area contributed by atoms with Crippen LogP contribution in [-0.2, 0) is 0 Å². The van der Waals surface area contributed by atoms with Gasteiger partial charge in [-0.15, -0.1) is 0 Å². The van der Waals surface area contributed by atoms with Gasteiger partial charge < -0.3 is 5.73 Å². The molecule has 4 heteroatoms. The molecule has 0 aromatic heterocycles. The SMILES string of the molecule is CCC1N=C(N)SC(CC)N1. The minimum atomic E-state index is 0.237. The smallest absolute Gasteiger partial charge is 0.157 e. The maximum atomic E-state index is 5.64. The van der Waals surface area contributed by atoms with Crippen LogP contribution in [0.15, 0.2) is 4.99 Å². The topological polar surface area (TPSA) is 50.4 Å². The average Bonchev–Trinajstić information content (AvgIpc) is 2.03. The fourth-order valence-electron chi connectivity index (χ4n) is 1.03. The molecule has 3 nitrogen and oxygen atoms in total. The van der Waals surface area contributed by atoms with Gasteiger partial charge in [0.2, 0.25) is 0 Å². The van der Waals surface area contributed by atoms with E-state index in [2.05, 4.69) is 24.2 Å². The summed E-state index contributed by atoms with van der Waals surface area (Å²) in [6.45, 7) is 4.26. The third-order valence-corrected chi connectivity index (χ3v) is 2.78. The van der Waals surface area contributed by atoms with Gasteiger partial charge in [-0.05, 0) is 12.8 Å². The highest BCUT2D eigenvalue weighted by Gasteiger charge is 2.18. The van der Waals surface area contributed by atoms with Crippen molar-refractivity contribution in [2.75, 3.05) is 0 Å². The molecule has 11 heavy (non-hydrogen) atoms. The summed E-state index contributed by atoms with van der Waals surface area (Å²) >= 11 is 1.62. The molecule has 0 aromatic rings. The Kier molecular flexibility index (Phi) is 3.20. The Labute approximate surface area is 71.8 Å². The second-order valence-electron chi connectivity index (χ2n) is 2.57. The Morgan fingerprint density at radius 2 is 2.27 bits per heavy atom. The van der Waals surface area contributed by atoms with Gasteiger partial charge in [-0.25, -0.2) is 4.99 Å². The lowest BCUT2D eigenvalue weighted by atomic mass is 10.3. The summed E-state index contributed by atoms with van der Waals surface area (Å²) in [6, 6.07) is 0. The van der Waals surface area contributed by atoms with Gasteiger partial charge in [-0.3, -0.25) is 5.32 Å². The van der Waals surface area contributed by atoms with Crippen molar-refractivity contribution < 1.29 is 0 Å². The third-order valence-electron chi connectivity index (χ3n) is 1.68. The molecule has 0 amide bonds. The number of hydrogen-bond acceptors (Lipinski definition) is 4.